The molecule has 3 aromatic rings. The molecule has 0 saturated carbocycles. The molecule has 2 N–H and O–H groups in total. The molecule has 2 aromatic heterocycles. The van der Waals surface area contributed by atoms with Gasteiger partial charge in [0.2, 0.25) is 11.8 Å². The van der Waals surface area contributed by atoms with Gasteiger partial charge in [-0.05, 0) is 49.6 Å². The van der Waals surface area contributed by atoms with E-state index < -0.39 is 17.1 Å². The van der Waals surface area contributed by atoms with Gasteiger partial charge in [-0.2, -0.15) is 0 Å². The molecule has 3 fully saturated rings. The van der Waals surface area contributed by atoms with Gasteiger partial charge in [0.15, 0.2) is 0 Å². The topological polar surface area (TPSA) is 90.6 Å². The molecule has 8 heteroatoms. The van der Waals surface area contributed by atoms with E-state index >= 15 is 4.39 Å². The second-order valence-corrected chi connectivity index (χ2v) is 9.58. The number of epoxide rings is 1. The number of H-pyrrole nitrogens is 1. The number of ether oxygens (including phenoxy) is 1. The summed E-state index contributed by atoms with van der Waals surface area (Å²) in [7, 11) is 0. The number of halogens is 1. The molecule has 33 heavy (non-hydrogen) atoms. The van der Waals surface area contributed by atoms with Crippen molar-refractivity contribution < 1.29 is 18.7 Å². The van der Waals surface area contributed by atoms with Crippen LogP contribution in [0, 0.1) is 5.82 Å². The fraction of sp³-hybridized carbons (Fsp3) is 0.400. The van der Waals surface area contributed by atoms with E-state index in [0.717, 1.165) is 25.3 Å². The summed E-state index contributed by atoms with van der Waals surface area (Å²) in [5.74, 6) is -1.46. The van der Waals surface area contributed by atoms with Crippen LogP contribution in [0.15, 0.2) is 42.7 Å². The fourth-order valence-electron chi connectivity index (χ4n) is 5.67. The predicted octanol–water partition coefficient (Wildman–Crippen LogP) is 3.11. The minimum absolute atomic E-state index is 0.269. The number of piperidine rings is 2. The second-order valence-electron chi connectivity index (χ2n) is 9.58. The number of pyridine rings is 1. The SMILES string of the molecule is CC12CN(Cc3ccc[nH]3)CCC1(c1ccc3ncc(C4CCC(=O)NC4=O)cc3c1F)O2. The van der Waals surface area contributed by atoms with E-state index in [9.17, 15) is 9.59 Å². The van der Waals surface area contributed by atoms with Crippen LogP contribution >= 0.6 is 0 Å². The molecule has 0 bridgehead atoms. The lowest BCUT2D eigenvalue weighted by Crippen LogP contribution is -2.44. The van der Waals surface area contributed by atoms with Crippen LogP contribution in [0.1, 0.15) is 48.9 Å². The lowest BCUT2D eigenvalue weighted by Gasteiger charge is -2.32. The summed E-state index contributed by atoms with van der Waals surface area (Å²) in [5.41, 5.74) is 1.76. The van der Waals surface area contributed by atoms with Gasteiger partial charge in [-0.25, -0.2) is 4.39 Å². The van der Waals surface area contributed by atoms with Crippen molar-refractivity contribution in [1.82, 2.24) is 20.2 Å². The van der Waals surface area contributed by atoms with Crippen molar-refractivity contribution in [2.24, 2.45) is 0 Å². The summed E-state index contributed by atoms with van der Waals surface area (Å²) >= 11 is 0. The number of carbonyl (C=O) groups is 2. The van der Waals surface area contributed by atoms with Crippen LogP contribution in [-0.2, 0) is 26.5 Å². The summed E-state index contributed by atoms with van der Waals surface area (Å²) in [4.78, 5) is 33.8. The number of hydrogen-bond donors (Lipinski definition) is 2. The Labute approximate surface area is 190 Å². The van der Waals surface area contributed by atoms with Crippen molar-refractivity contribution in [2.45, 2.75) is 49.9 Å². The predicted molar refractivity (Wildman–Crippen MR) is 119 cm³/mol. The molecule has 2 amide bonds. The number of likely N-dealkylation sites (tertiary alicyclic amines) is 1. The minimum Gasteiger partial charge on any atom is -0.364 e. The molecule has 5 heterocycles. The summed E-state index contributed by atoms with van der Waals surface area (Å²) in [5, 5.41) is 2.75. The number of rotatable bonds is 4. The fourth-order valence-corrected chi connectivity index (χ4v) is 5.67. The highest BCUT2D eigenvalue weighted by Gasteiger charge is 2.70. The van der Waals surface area contributed by atoms with Crippen LogP contribution in [0.5, 0.6) is 0 Å². The number of fused-ring (bicyclic) bond motifs is 2. The third-order valence-corrected chi connectivity index (χ3v) is 7.47. The Morgan fingerprint density at radius 3 is 2.94 bits per heavy atom. The van der Waals surface area contributed by atoms with Gasteiger partial charge in [0, 0.05) is 55.1 Å². The van der Waals surface area contributed by atoms with E-state index in [-0.39, 0.29) is 24.1 Å². The average molecular weight is 448 g/mol. The zero-order valence-electron chi connectivity index (χ0n) is 18.4. The highest BCUT2D eigenvalue weighted by atomic mass is 19.1. The molecular formula is C25H25FN4O3. The van der Waals surface area contributed by atoms with E-state index in [1.807, 2.05) is 18.3 Å². The molecule has 3 unspecified atom stereocenters. The van der Waals surface area contributed by atoms with Crippen LogP contribution in [0.4, 0.5) is 4.39 Å². The van der Waals surface area contributed by atoms with Crippen LogP contribution in [0.3, 0.4) is 0 Å². The zero-order valence-corrected chi connectivity index (χ0v) is 18.4. The average Bonchev–Trinajstić information content (AvgIpc) is 3.11. The van der Waals surface area contributed by atoms with E-state index in [0.29, 0.717) is 34.9 Å². The van der Waals surface area contributed by atoms with Gasteiger partial charge in [-0.15, -0.1) is 0 Å². The number of aromatic amines is 1. The van der Waals surface area contributed by atoms with Crippen LogP contribution in [0.25, 0.3) is 10.9 Å². The van der Waals surface area contributed by atoms with Gasteiger partial charge in [0.05, 0.1) is 11.4 Å². The molecule has 3 saturated heterocycles. The molecule has 0 radical (unpaired) electrons. The highest BCUT2D eigenvalue weighted by Crippen LogP contribution is 2.61. The first-order valence-electron chi connectivity index (χ1n) is 11.4. The van der Waals surface area contributed by atoms with E-state index in [4.69, 9.17) is 4.74 Å². The summed E-state index contributed by atoms with van der Waals surface area (Å²) in [6.45, 7) is 4.38. The molecule has 1 aromatic carbocycles. The molecule has 3 aliphatic heterocycles. The standard InChI is InChI=1S/C25H25FN4O3/c1-24-14-30(13-16-3-2-9-27-16)10-8-25(24,33-24)19-5-6-20-18(22(19)26)11-15(12-28-20)17-4-7-21(31)29-23(17)32/h2-3,5-6,9,11-12,17,27H,4,7-8,10,13-14H2,1H3,(H,29,31,32). The Morgan fingerprint density at radius 2 is 2.18 bits per heavy atom. The third kappa shape index (κ3) is 3.20. The highest BCUT2D eigenvalue weighted by molar-refractivity contribution is 6.01. The third-order valence-electron chi connectivity index (χ3n) is 7.47. The summed E-state index contributed by atoms with van der Waals surface area (Å²) in [6.07, 6.45) is 4.90. The number of nitrogens with one attached hydrogen (secondary N) is 2. The number of amides is 2. The van der Waals surface area contributed by atoms with Crippen molar-refractivity contribution in [3.8, 4) is 0 Å². The largest absolute Gasteiger partial charge is 0.364 e. The van der Waals surface area contributed by atoms with Crippen LogP contribution in [0.2, 0.25) is 0 Å². The molecule has 3 atom stereocenters. The smallest absolute Gasteiger partial charge is 0.234 e. The van der Waals surface area contributed by atoms with Crippen molar-refractivity contribution >= 4 is 22.7 Å². The maximum Gasteiger partial charge on any atom is 0.234 e. The Balaban J connectivity index is 1.30. The number of imide groups is 1. The van der Waals surface area contributed by atoms with Gasteiger partial charge < -0.3 is 9.72 Å². The first-order chi connectivity index (χ1) is 15.9. The number of nitrogens with zero attached hydrogens (tertiary/aromatic N) is 2. The van der Waals surface area contributed by atoms with E-state index in [1.54, 1.807) is 18.3 Å². The summed E-state index contributed by atoms with van der Waals surface area (Å²) in [6, 6.07) is 9.37. The monoisotopic (exact) mass is 448 g/mol. The number of carbonyl (C=O) groups excluding carboxylic acids is 2. The zero-order chi connectivity index (χ0) is 22.8. The summed E-state index contributed by atoms with van der Waals surface area (Å²) < 4.78 is 22.2. The first-order valence-corrected chi connectivity index (χ1v) is 11.4. The van der Waals surface area contributed by atoms with Gasteiger partial charge in [-0.3, -0.25) is 24.8 Å². The van der Waals surface area contributed by atoms with Crippen molar-refractivity contribution in [3.63, 3.8) is 0 Å². The first kappa shape index (κ1) is 20.5. The maximum atomic E-state index is 15.9. The van der Waals surface area contributed by atoms with E-state index in [2.05, 4.69) is 33.2 Å². The normalized spacial score (nSPS) is 29.7. The lowest BCUT2D eigenvalue weighted by atomic mass is 9.80. The Morgan fingerprint density at radius 1 is 1.30 bits per heavy atom. The Kier molecular flexibility index (Phi) is 4.47. The molecule has 3 aliphatic rings. The van der Waals surface area contributed by atoms with Crippen LogP contribution in [-0.4, -0.2) is 45.4 Å². The maximum absolute atomic E-state index is 15.9. The van der Waals surface area contributed by atoms with Crippen molar-refractivity contribution in [2.75, 3.05) is 13.1 Å². The quantitative estimate of drug-likeness (QED) is 0.473. The van der Waals surface area contributed by atoms with Gasteiger partial charge in [-0.1, -0.05) is 6.07 Å². The number of hydrogen-bond acceptors (Lipinski definition) is 5. The Hall–Kier alpha value is -3.10. The number of aromatic nitrogens is 2. The lowest BCUT2D eigenvalue weighted by molar-refractivity contribution is -0.134. The van der Waals surface area contributed by atoms with Crippen molar-refractivity contribution in [3.05, 3.63) is 65.4 Å². The van der Waals surface area contributed by atoms with Crippen molar-refractivity contribution in [1.29, 1.82) is 0 Å². The number of benzene rings is 1. The molecule has 0 spiro atoms. The minimum atomic E-state index is -0.651. The van der Waals surface area contributed by atoms with Gasteiger partial charge in [0.1, 0.15) is 17.0 Å². The molecule has 0 aliphatic carbocycles. The molecular weight excluding hydrogens is 423 g/mol. The molecule has 6 rings (SSSR count). The van der Waals surface area contributed by atoms with Crippen LogP contribution < -0.4 is 5.32 Å². The van der Waals surface area contributed by atoms with Gasteiger partial charge in [0.25, 0.3) is 0 Å². The molecule has 170 valence electrons. The van der Waals surface area contributed by atoms with Gasteiger partial charge >= 0.3 is 0 Å². The van der Waals surface area contributed by atoms with E-state index in [1.165, 1.54) is 0 Å². The molecule has 7 nitrogen and oxygen atoms in total. The Bertz CT molecular complexity index is 1280. The second kappa shape index (κ2) is 7.20.